The quantitative estimate of drug-likeness (QED) is 0.710. The minimum absolute atomic E-state index is 0.0579. The SMILES string of the molecule is N/C=C(/C(=O)O)c1nccc(C2CC2)n1. The third kappa shape index (κ3) is 1.96. The van der Waals surface area contributed by atoms with E-state index < -0.39 is 5.97 Å². The zero-order valence-electron chi connectivity index (χ0n) is 8.05. The molecule has 1 aliphatic rings. The molecule has 0 atom stereocenters. The lowest BCUT2D eigenvalue weighted by molar-refractivity contribution is -0.130. The summed E-state index contributed by atoms with van der Waals surface area (Å²) in [6.45, 7) is 0. The Kier molecular flexibility index (Phi) is 2.37. The summed E-state index contributed by atoms with van der Waals surface area (Å²) >= 11 is 0. The molecule has 1 aromatic rings. The number of aromatic nitrogens is 2. The van der Waals surface area contributed by atoms with Crippen molar-refractivity contribution in [3.63, 3.8) is 0 Å². The maximum absolute atomic E-state index is 10.8. The predicted octanol–water partition coefficient (Wildman–Crippen LogP) is 0.738. The van der Waals surface area contributed by atoms with Crippen LogP contribution < -0.4 is 5.73 Å². The maximum Gasteiger partial charge on any atom is 0.341 e. The van der Waals surface area contributed by atoms with Crippen LogP contribution in [0.3, 0.4) is 0 Å². The van der Waals surface area contributed by atoms with Crippen LogP contribution in [0.1, 0.15) is 30.3 Å². The predicted molar refractivity (Wildman–Crippen MR) is 53.8 cm³/mol. The fraction of sp³-hybridized carbons (Fsp3) is 0.300. The molecule has 1 aliphatic carbocycles. The molecular formula is C10H11N3O2. The lowest BCUT2D eigenvalue weighted by Gasteiger charge is -2.02. The Morgan fingerprint density at radius 2 is 2.33 bits per heavy atom. The fourth-order valence-corrected chi connectivity index (χ4v) is 1.35. The van der Waals surface area contributed by atoms with E-state index in [4.69, 9.17) is 10.8 Å². The smallest absolute Gasteiger partial charge is 0.341 e. The van der Waals surface area contributed by atoms with E-state index in [0.717, 1.165) is 24.7 Å². The third-order valence-corrected chi connectivity index (χ3v) is 2.31. The van der Waals surface area contributed by atoms with Gasteiger partial charge in [0.1, 0.15) is 5.57 Å². The molecule has 3 N–H and O–H groups in total. The average Bonchev–Trinajstić information content (AvgIpc) is 3.02. The molecule has 1 aromatic heterocycles. The van der Waals surface area contributed by atoms with Crippen molar-refractivity contribution in [3.05, 3.63) is 30.0 Å². The van der Waals surface area contributed by atoms with E-state index in [-0.39, 0.29) is 11.4 Å². The minimum atomic E-state index is -1.11. The van der Waals surface area contributed by atoms with Gasteiger partial charge in [-0.3, -0.25) is 0 Å². The lowest BCUT2D eigenvalue weighted by atomic mass is 10.2. The molecule has 5 nitrogen and oxygen atoms in total. The molecule has 0 unspecified atom stereocenters. The number of carboxylic acid groups (broad SMARTS) is 1. The Labute approximate surface area is 86.7 Å². The molecule has 0 saturated heterocycles. The Bertz CT molecular complexity index is 424. The molecule has 1 saturated carbocycles. The molecule has 1 heterocycles. The van der Waals surface area contributed by atoms with Crippen molar-refractivity contribution in [1.29, 1.82) is 0 Å². The van der Waals surface area contributed by atoms with Gasteiger partial charge < -0.3 is 10.8 Å². The first-order chi connectivity index (χ1) is 7.22. The minimum Gasteiger partial charge on any atom is -0.477 e. The maximum atomic E-state index is 10.8. The summed E-state index contributed by atoms with van der Waals surface area (Å²) in [6.07, 6.45) is 4.83. The van der Waals surface area contributed by atoms with Gasteiger partial charge in [0.2, 0.25) is 0 Å². The van der Waals surface area contributed by atoms with Gasteiger partial charge in [-0.05, 0) is 18.9 Å². The molecular weight excluding hydrogens is 194 g/mol. The lowest BCUT2D eigenvalue weighted by Crippen LogP contribution is -2.07. The van der Waals surface area contributed by atoms with Gasteiger partial charge in [0.25, 0.3) is 0 Å². The van der Waals surface area contributed by atoms with Gasteiger partial charge >= 0.3 is 5.97 Å². The summed E-state index contributed by atoms with van der Waals surface area (Å²) in [5.41, 5.74) is 6.07. The molecule has 2 rings (SSSR count). The molecule has 78 valence electrons. The molecule has 1 fully saturated rings. The molecule has 0 bridgehead atoms. The summed E-state index contributed by atoms with van der Waals surface area (Å²) in [5, 5.41) is 8.84. The first-order valence-corrected chi connectivity index (χ1v) is 4.71. The summed E-state index contributed by atoms with van der Waals surface area (Å²) < 4.78 is 0. The van der Waals surface area contributed by atoms with Gasteiger partial charge in [0, 0.05) is 24.0 Å². The Morgan fingerprint density at radius 1 is 1.60 bits per heavy atom. The molecule has 0 spiro atoms. The number of carbonyl (C=O) groups is 1. The first-order valence-electron chi connectivity index (χ1n) is 4.71. The fourth-order valence-electron chi connectivity index (χ4n) is 1.35. The van der Waals surface area contributed by atoms with Crippen molar-refractivity contribution >= 4 is 11.5 Å². The highest BCUT2D eigenvalue weighted by molar-refractivity contribution is 6.13. The number of hydrogen-bond acceptors (Lipinski definition) is 4. The van der Waals surface area contributed by atoms with Crippen molar-refractivity contribution in [3.8, 4) is 0 Å². The molecule has 15 heavy (non-hydrogen) atoms. The second kappa shape index (κ2) is 3.68. The second-order valence-corrected chi connectivity index (χ2v) is 3.46. The van der Waals surface area contributed by atoms with Gasteiger partial charge in [-0.15, -0.1) is 0 Å². The number of rotatable bonds is 3. The molecule has 0 radical (unpaired) electrons. The highest BCUT2D eigenvalue weighted by Crippen LogP contribution is 2.38. The van der Waals surface area contributed by atoms with Crippen molar-refractivity contribution in [2.24, 2.45) is 5.73 Å². The van der Waals surface area contributed by atoms with Gasteiger partial charge in [-0.2, -0.15) is 0 Å². The van der Waals surface area contributed by atoms with Crippen LogP contribution in [0.25, 0.3) is 5.57 Å². The Morgan fingerprint density at radius 3 is 2.87 bits per heavy atom. The first kappa shape index (κ1) is 9.64. The van der Waals surface area contributed by atoms with Gasteiger partial charge in [-0.1, -0.05) is 0 Å². The number of nitrogens with two attached hydrogens (primary N) is 1. The molecule has 0 aliphatic heterocycles. The largest absolute Gasteiger partial charge is 0.477 e. The normalized spacial score (nSPS) is 16.4. The van der Waals surface area contributed by atoms with Crippen LogP contribution in [-0.4, -0.2) is 21.0 Å². The summed E-state index contributed by atoms with van der Waals surface area (Å²) in [6, 6.07) is 1.82. The molecule has 0 aromatic carbocycles. The Balaban J connectivity index is 2.34. The highest BCUT2D eigenvalue weighted by atomic mass is 16.4. The van der Waals surface area contributed by atoms with E-state index in [2.05, 4.69) is 9.97 Å². The van der Waals surface area contributed by atoms with Crippen LogP contribution in [0.4, 0.5) is 0 Å². The van der Waals surface area contributed by atoms with Crippen LogP contribution >= 0.6 is 0 Å². The topological polar surface area (TPSA) is 89.1 Å². The van der Waals surface area contributed by atoms with E-state index in [1.807, 2.05) is 6.07 Å². The van der Waals surface area contributed by atoms with E-state index in [9.17, 15) is 4.79 Å². The van der Waals surface area contributed by atoms with Crippen molar-refractivity contribution in [2.75, 3.05) is 0 Å². The summed E-state index contributed by atoms with van der Waals surface area (Å²) in [5.74, 6) is -0.445. The van der Waals surface area contributed by atoms with Crippen LogP contribution in [0.2, 0.25) is 0 Å². The second-order valence-electron chi connectivity index (χ2n) is 3.46. The van der Waals surface area contributed by atoms with Crippen molar-refractivity contribution in [1.82, 2.24) is 9.97 Å². The number of carboxylic acids is 1. The zero-order chi connectivity index (χ0) is 10.8. The monoisotopic (exact) mass is 205 g/mol. The van der Waals surface area contributed by atoms with Crippen LogP contribution in [0, 0.1) is 0 Å². The van der Waals surface area contributed by atoms with Gasteiger partial charge in [0.15, 0.2) is 5.82 Å². The van der Waals surface area contributed by atoms with E-state index in [0.29, 0.717) is 5.92 Å². The van der Waals surface area contributed by atoms with E-state index in [1.165, 1.54) is 0 Å². The summed E-state index contributed by atoms with van der Waals surface area (Å²) in [4.78, 5) is 18.9. The number of aliphatic carboxylic acids is 1. The van der Waals surface area contributed by atoms with Crippen LogP contribution in [0.15, 0.2) is 18.5 Å². The molecule has 0 amide bonds. The standard InChI is InChI=1S/C10H11N3O2/c11-5-7(10(14)15)9-12-4-3-8(13-9)6-1-2-6/h3-6H,1-2,11H2,(H,14,15)/b7-5+. The molecule has 5 heteroatoms. The van der Waals surface area contributed by atoms with Gasteiger partial charge in [0.05, 0.1) is 0 Å². The summed E-state index contributed by atoms with van der Waals surface area (Å²) in [7, 11) is 0. The average molecular weight is 205 g/mol. The van der Waals surface area contributed by atoms with Crippen LogP contribution in [0.5, 0.6) is 0 Å². The zero-order valence-corrected chi connectivity index (χ0v) is 8.05. The van der Waals surface area contributed by atoms with E-state index >= 15 is 0 Å². The number of nitrogens with zero attached hydrogens (tertiary/aromatic N) is 2. The van der Waals surface area contributed by atoms with E-state index in [1.54, 1.807) is 6.20 Å². The van der Waals surface area contributed by atoms with Crippen LogP contribution in [-0.2, 0) is 4.79 Å². The highest BCUT2D eigenvalue weighted by Gasteiger charge is 2.26. The van der Waals surface area contributed by atoms with Crippen molar-refractivity contribution < 1.29 is 9.90 Å². The van der Waals surface area contributed by atoms with Crippen molar-refractivity contribution in [2.45, 2.75) is 18.8 Å². The third-order valence-electron chi connectivity index (χ3n) is 2.31. The van der Waals surface area contributed by atoms with Gasteiger partial charge in [-0.25, -0.2) is 14.8 Å². The number of hydrogen-bond donors (Lipinski definition) is 2. The Hall–Kier alpha value is -1.91.